The normalized spacial score (nSPS) is 14.7. The molecule has 2 unspecified atom stereocenters. The zero-order valence-corrected chi connectivity index (χ0v) is 30.2. The van der Waals surface area contributed by atoms with E-state index in [1.165, 1.54) is 43.7 Å². The fourth-order valence-corrected chi connectivity index (χ4v) is 6.11. The molecule has 248 valence electrons. The van der Waals surface area contributed by atoms with Crippen LogP contribution in [0.1, 0.15) is 97.3 Å². The Balaban J connectivity index is 0.00000309. The summed E-state index contributed by atoms with van der Waals surface area (Å²) in [6.07, 6.45) is 13.6. The van der Waals surface area contributed by atoms with Gasteiger partial charge in [0.15, 0.2) is 0 Å². The number of aryl methyl sites for hydroxylation is 1. The molecule has 44 heavy (non-hydrogen) atoms. The maximum Gasteiger partial charge on any atom is 0.251 e. The number of carbonyl (C=O) groups excluding carboxylic acids is 2. The minimum absolute atomic E-state index is 0.00338. The number of benzene rings is 1. The summed E-state index contributed by atoms with van der Waals surface area (Å²) in [6.45, 7) is 27.6. The lowest BCUT2D eigenvalue weighted by molar-refractivity contribution is -0.870. The summed E-state index contributed by atoms with van der Waals surface area (Å²) < 4.78 is 0.949. The summed E-state index contributed by atoms with van der Waals surface area (Å²) in [7, 11) is 6.72. The molecule has 5 nitrogen and oxygen atoms in total. The summed E-state index contributed by atoms with van der Waals surface area (Å²) in [4.78, 5) is 25.3. The van der Waals surface area contributed by atoms with Crippen molar-refractivity contribution in [2.75, 3.05) is 47.3 Å². The second kappa shape index (κ2) is 19.0. The van der Waals surface area contributed by atoms with E-state index < -0.39 is 0 Å². The van der Waals surface area contributed by atoms with E-state index in [1.807, 2.05) is 0 Å². The van der Waals surface area contributed by atoms with E-state index >= 15 is 0 Å². The van der Waals surface area contributed by atoms with Crippen LogP contribution in [0, 0.1) is 17.3 Å². The van der Waals surface area contributed by atoms with Crippen molar-refractivity contribution in [3.05, 3.63) is 71.6 Å². The molecular weight excluding hydrogens is 542 g/mol. The Morgan fingerprint density at radius 2 is 1.68 bits per heavy atom. The van der Waals surface area contributed by atoms with E-state index in [4.69, 9.17) is 4.79 Å². The number of quaternary nitrogens is 1. The molecule has 1 aromatic carbocycles. The van der Waals surface area contributed by atoms with Crippen molar-refractivity contribution in [3.8, 4) is 0 Å². The highest BCUT2D eigenvalue weighted by molar-refractivity contribution is 5.93. The number of aldehydes is 1. The average Bonchev–Trinajstić information content (AvgIpc) is 3.20. The highest BCUT2D eigenvalue weighted by Gasteiger charge is 2.22. The predicted octanol–water partition coefficient (Wildman–Crippen LogP) is 8.24. The predicted molar refractivity (Wildman–Crippen MR) is 189 cm³/mol. The molecule has 0 spiro atoms. The summed E-state index contributed by atoms with van der Waals surface area (Å²) in [6, 6.07) is 7.29. The Hall–Kier alpha value is -2.66. The first kappa shape index (κ1) is 39.4. The zero-order valence-electron chi connectivity index (χ0n) is 30.2. The fourth-order valence-electron chi connectivity index (χ4n) is 6.11. The third kappa shape index (κ3) is 15.9. The number of allylic oxidation sites excluding steroid dienone is 1. The number of nitrogens with zero attached hydrogens (tertiary/aromatic N) is 3. The van der Waals surface area contributed by atoms with Gasteiger partial charge in [0.2, 0.25) is 0 Å². The molecule has 0 bridgehead atoms. The molecule has 1 aromatic rings. The van der Waals surface area contributed by atoms with Crippen LogP contribution >= 0.6 is 0 Å². The van der Waals surface area contributed by atoms with Crippen molar-refractivity contribution in [1.29, 1.82) is 0 Å². The molecule has 0 saturated carbocycles. The second-order valence-electron chi connectivity index (χ2n) is 15.3. The maximum absolute atomic E-state index is 12.3. The molecule has 0 saturated heterocycles. The highest BCUT2D eigenvalue weighted by Crippen LogP contribution is 2.28. The molecule has 1 amide bonds. The monoisotopic (exact) mass is 609 g/mol. The van der Waals surface area contributed by atoms with Gasteiger partial charge >= 0.3 is 0 Å². The molecule has 2 atom stereocenters. The van der Waals surface area contributed by atoms with Gasteiger partial charge in [-0.3, -0.25) is 4.79 Å². The van der Waals surface area contributed by atoms with Gasteiger partial charge in [-0.15, -0.1) is 0 Å². The van der Waals surface area contributed by atoms with Gasteiger partial charge in [0.05, 0.1) is 34.2 Å². The molecule has 0 fully saturated rings. The molecule has 1 aliphatic rings. The van der Waals surface area contributed by atoms with Crippen LogP contribution in [0.4, 0.5) is 0 Å². The minimum atomic E-state index is 0.00338. The molecule has 1 heterocycles. The molecular formula is C39H66N3O2+. The van der Waals surface area contributed by atoms with Crippen LogP contribution in [-0.4, -0.2) is 73.8 Å². The van der Waals surface area contributed by atoms with Crippen LogP contribution in [0.3, 0.4) is 0 Å². The van der Waals surface area contributed by atoms with Crippen LogP contribution in [0.25, 0.3) is 0 Å². The number of hydrogen-bond donors (Lipinski definition) is 0. The van der Waals surface area contributed by atoms with Gasteiger partial charge in [-0.2, -0.15) is 0 Å². The van der Waals surface area contributed by atoms with Gasteiger partial charge in [0.1, 0.15) is 6.29 Å². The first-order valence-corrected chi connectivity index (χ1v) is 16.9. The Morgan fingerprint density at radius 3 is 2.23 bits per heavy atom. The van der Waals surface area contributed by atoms with E-state index in [1.54, 1.807) is 22.6 Å². The smallest absolute Gasteiger partial charge is 0.251 e. The van der Waals surface area contributed by atoms with E-state index in [0.717, 1.165) is 73.4 Å². The van der Waals surface area contributed by atoms with E-state index in [-0.39, 0.29) is 11.3 Å². The number of rotatable bonds is 18. The second-order valence-corrected chi connectivity index (χ2v) is 15.3. The Bertz CT molecular complexity index is 1070. The molecule has 0 radical (unpaired) electrons. The molecule has 0 N–H and O–H groups in total. The van der Waals surface area contributed by atoms with Gasteiger partial charge in [-0.1, -0.05) is 85.7 Å². The third-order valence-electron chi connectivity index (χ3n) is 8.12. The number of carbonyl (C=O) groups is 2. The van der Waals surface area contributed by atoms with Crippen molar-refractivity contribution in [2.24, 2.45) is 17.3 Å². The minimum Gasteiger partial charge on any atom is -0.374 e. The summed E-state index contributed by atoms with van der Waals surface area (Å²) in [5.74, 6) is 1.50. The van der Waals surface area contributed by atoms with Gasteiger partial charge in [-0.05, 0) is 79.0 Å². The Morgan fingerprint density at radius 1 is 1.05 bits per heavy atom. The highest BCUT2D eigenvalue weighted by atomic mass is 16.2. The van der Waals surface area contributed by atoms with E-state index in [0.29, 0.717) is 12.5 Å². The lowest BCUT2D eigenvalue weighted by Crippen LogP contribution is -2.39. The van der Waals surface area contributed by atoms with Crippen molar-refractivity contribution in [3.63, 3.8) is 0 Å². The maximum atomic E-state index is 12.3. The largest absolute Gasteiger partial charge is 0.374 e. The third-order valence-corrected chi connectivity index (χ3v) is 8.12. The first-order chi connectivity index (χ1) is 20.5. The van der Waals surface area contributed by atoms with Crippen molar-refractivity contribution in [2.45, 2.75) is 99.8 Å². The van der Waals surface area contributed by atoms with Crippen LogP contribution in [0.15, 0.2) is 54.9 Å². The number of hydrogen-bond acceptors (Lipinski definition) is 3. The van der Waals surface area contributed by atoms with Crippen molar-refractivity contribution >= 4 is 12.2 Å². The summed E-state index contributed by atoms with van der Waals surface area (Å²) >= 11 is 0. The van der Waals surface area contributed by atoms with Gasteiger partial charge in [-0.25, -0.2) is 0 Å². The first-order valence-electron chi connectivity index (χ1n) is 16.9. The zero-order chi connectivity index (χ0) is 33.5. The summed E-state index contributed by atoms with van der Waals surface area (Å²) in [5.41, 5.74) is 6.55. The van der Waals surface area contributed by atoms with Crippen LogP contribution < -0.4 is 0 Å². The standard InChI is InChI=1S/C37H62N3O.C2H4O/c1-12-15-29(2)24-30(3)25-35-26-33(18-19-34(35)27-37(6,7)8)16-13-21-38(22-14-23-40(9,10)11)32(5)28-39-31(4)17-20-36(39)41;1-2-3/h17-20,26,29-30H,4-5,12-16,21-25,27-28H2,1-3,6-11H3;2H,1H3/q+1;. The Kier molecular flexibility index (Phi) is 17.0. The Labute approximate surface area is 271 Å². The van der Waals surface area contributed by atoms with Crippen LogP contribution in [0.5, 0.6) is 0 Å². The van der Waals surface area contributed by atoms with Crippen LogP contribution in [0.2, 0.25) is 0 Å². The van der Waals surface area contributed by atoms with E-state index in [9.17, 15) is 4.79 Å². The topological polar surface area (TPSA) is 40.6 Å². The molecule has 5 heteroatoms. The van der Waals surface area contributed by atoms with Crippen molar-refractivity contribution in [1.82, 2.24) is 9.80 Å². The molecule has 0 aliphatic carbocycles. The quantitative estimate of drug-likeness (QED) is 0.124. The van der Waals surface area contributed by atoms with Crippen LogP contribution in [-0.2, 0) is 28.9 Å². The number of amides is 1. The lowest BCUT2D eigenvalue weighted by atomic mass is 9.82. The molecule has 0 aromatic heterocycles. The molecule has 2 rings (SSSR count). The van der Waals surface area contributed by atoms with Gasteiger partial charge < -0.3 is 19.1 Å². The lowest BCUT2D eigenvalue weighted by Gasteiger charge is -2.31. The van der Waals surface area contributed by atoms with E-state index in [2.05, 4.69) is 98.9 Å². The average molecular weight is 609 g/mol. The van der Waals surface area contributed by atoms with Crippen molar-refractivity contribution < 1.29 is 14.1 Å². The molecule has 1 aliphatic heterocycles. The van der Waals surface area contributed by atoms with Gasteiger partial charge in [0, 0.05) is 37.0 Å². The van der Waals surface area contributed by atoms with Gasteiger partial charge in [0.25, 0.3) is 5.91 Å². The fraction of sp³-hybridized carbons (Fsp3) is 0.641. The summed E-state index contributed by atoms with van der Waals surface area (Å²) in [5, 5.41) is 0. The SMILES string of the molecule is C=C(CN1C(=C)C=CC1=O)N(CCCc1ccc(CC(C)(C)C)c(CC(C)CC(C)CCC)c1)CCC[N+](C)(C)C.CC=O.